The summed E-state index contributed by atoms with van der Waals surface area (Å²) in [6.45, 7) is 3.80. The van der Waals surface area contributed by atoms with Gasteiger partial charge in [-0.15, -0.1) is 0 Å². The number of halogens is 1. The summed E-state index contributed by atoms with van der Waals surface area (Å²) >= 11 is 6.25. The van der Waals surface area contributed by atoms with Gasteiger partial charge in [0.2, 0.25) is 0 Å². The zero-order valence-corrected chi connectivity index (χ0v) is 20.9. The molecule has 4 rings (SSSR count). The molecular weight excluding hydrogens is 480 g/mol. The highest BCUT2D eigenvalue weighted by atomic mass is 35.5. The molecule has 0 spiro atoms. The lowest BCUT2D eigenvalue weighted by atomic mass is 9.97. The molecule has 0 radical (unpaired) electrons. The number of anilines is 1. The van der Waals surface area contributed by atoms with E-state index in [2.05, 4.69) is 10.0 Å². The van der Waals surface area contributed by atoms with Crippen LogP contribution in [0.1, 0.15) is 38.7 Å². The second-order valence-electron chi connectivity index (χ2n) is 8.29. The first-order valence-electron chi connectivity index (χ1n) is 11.0. The number of carbonyl (C=O) groups is 1. The van der Waals surface area contributed by atoms with E-state index in [1.165, 1.54) is 18.2 Å². The highest BCUT2D eigenvalue weighted by Crippen LogP contribution is 2.28. The standard InChI is InChI=1S/C28H25ClN2O3S/c1-19-12-14-22(15-13-19)27(21-9-4-3-5-10-21)30-28(32)23-16-17-24(29)26(18-23)35(33,34)31-25-11-7-6-8-20(25)2/h3-18,27,31H,1-2H3,(H,30,32)/t27-/m0/s1. The Balaban J connectivity index is 1.65. The minimum atomic E-state index is -4.02. The third-order valence-corrected chi connectivity index (χ3v) is 7.54. The van der Waals surface area contributed by atoms with Gasteiger partial charge in [-0.05, 0) is 54.8 Å². The zero-order chi connectivity index (χ0) is 25.0. The van der Waals surface area contributed by atoms with Crippen molar-refractivity contribution in [3.05, 3.63) is 130 Å². The Morgan fingerprint density at radius 1 is 0.800 bits per heavy atom. The Labute approximate surface area is 210 Å². The second kappa shape index (κ2) is 10.3. The van der Waals surface area contributed by atoms with Crippen molar-refractivity contribution in [3.63, 3.8) is 0 Å². The number of amides is 1. The maximum atomic E-state index is 13.3. The number of hydrogen-bond acceptors (Lipinski definition) is 3. The molecule has 0 unspecified atom stereocenters. The number of benzene rings is 4. The van der Waals surface area contributed by atoms with Gasteiger partial charge in [-0.25, -0.2) is 8.42 Å². The molecule has 178 valence electrons. The lowest BCUT2D eigenvalue weighted by molar-refractivity contribution is 0.0942. The Hall–Kier alpha value is -3.61. The van der Waals surface area contributed by atoms with Crippen LogP contribution < -0.4 is 10.0 Å². The van der Waals surface area contributed by atoms with Gasteiger partial charge in [-0.1, -0.05) is 90.0 Å². The van der Waals surface area contributed by atoms with Crippen LogP contribution in [0.4, 0.5) is 5.69 Å². The maximum Gasteiger partial charge on any atom is 0.263 e. The summed E-state index contributed by atoms with van der Waals surface area (Å²) in [7, 11) is -4.02. The molecule has 5 nitrogen and oxygen atoms in total. The van der Waals surface area contributed by atoms with Gasteiger partial charge in [-0.3, -0.25) is 9.52 Å². The normalized spacial score (nSPS) is 12.1. The van der Waals surface area contributed by atoms with E-state index in [-0.39, 0.29) is 15.5 Å². The van der Waals surface area contributed by atoms with Crippen molar-refractivity contribution in [1.29, 1.82) is 0 Å². The van der Waals surface area contributed by atoms with Crippen molar-refractivity contribution in [1.82, 2.24) is 5.32 Å². The summed E-state index contributed by atoms with van der Waals surface area (Å²) < 4.78 is 28.8. The molecule has 4 aromatic carbocycles. The molecule has 7 heteroatoms. The first-order valence-corrected chi connectivity index (χ1v) is 12.9. The Morgan fingerprint density at radius 2 is 1.43 bits per heavy atom. The molecule has 0 aromatic heterocycles. The minimum Gasteiger partial charge on any atom is -0.341 e. The van der Waals surface area contributed by atoms with Crippen LogP contribution in [-0.2, 0) is 10.0 Å². The van der Waals surface area contributed by atoms with Gasteiger partial charge in [0.1, 0.15) is 4.90 Å². The average Bonchev–Trinajstić information content (AvgIpc) is 2.85. The Kier molecular flexibility index (Phi) is 7.24. The molecule has 1 amide bonds. The topological polar surface area (TPSA) is 75.3 Å². The van der Waals surface area contributed by atoms with Gasteiger partial charge < -0.3 is 5.32 Å². The van der Waals surface area contributed by atoms with Crippen LogP contribution in [0, 0.1) is 13.8 Å². The highest BCUT2D eigenvalue weighted by Gasteiger charge is 2.23. The van der Waals surface area contributed by atoms with E-state index in [9.17, 15) is 13.2 Å². The fourth-order valence-electron chi connectivity index (χ4n) is 3.72. The third kappa shape index (κ3) is 5.73. The second-order valence-corrected chi connectivity index (χ2v) is 10.4. The van der Waals surface area contributed by atoms with Crippen LogP contribution >= 0.6 is 11.6 Å². The number of rotatable bonds is 7. The van der Waals surface area contributed by atoms with Gasteiger partial charge in [0.25, 0.3) is 15.9 Å². The lowest BCUT2D eigenvalue weighted by Gasteiger charge is -2.20. The van der Waals surface area contributed by atoms with E-state index in [1.54, 1.807) is 25.1 Å². The molecule has 0 aliphatic rings. The van der Waals surface area contributed by atoms with Crippen molar-refractivity contribution in [2.24, 2.45) is 0 Å². The van der Waals surface area contributed by atoms with E-state index in [4.69, 9.17) is 11.6 Å². The minimum absolute atomic E-state index is 0.0285. The summed E-state index contributed by atoms with van der Waals surface area (Å²) in [6.07, 6.45) is 0. The van der Waals surface area contributed by atoms with E-state index < -0.39 is 22.0 Å². The first kappa shape index (κ1) is 24.5. The fraction of sp³-hybridized carbons (Fsp3) is 0.107. The van der Waals surface area contributed by atoms with E-state index in [0.717, 1.165) is 22.3 Å². The van der Waals surface area contributed by atoms with Gasteiger partial charge in [0, 0.05) is 5.56 Å². The molecule has 0 bridgehead atoms. The van der Waals surface area contributed by atoms with Crippen molar-refractivity contribution >= 4 is 33.2 Å². The quantitative estimate of drug-likeness (QED) is 0.311. The molecule has 0 saturated carbocycles. The van der Waals surface area contributed by atoms with Crippen LogP contribution in [0.25, 0.3) is 0 Å². The molecular formula is C28H25ClN2O3S. The highest BCUT2D eigenvalue weighted by molar-refractivity contribution is 7.92. The number of hydrogen-bond donors (Lipinski definition) is 2. The number of carbonyl (C=O) groups excluding carboxylic acids is 1. The van der Waals surface area contributed by atoms with E-state index in [1.807, 2.05) is 67.6 Å². The van der Waals surface area contributed by atoms with Crippen LogP contribution in [0.3, 0.4) is 0 Å². The van der Waals surface area contributed by atoms with Crippen LogP contribution in [0.2, 0.25) is 5.02 Å². The Morgan fingerprint density at radius 3 is 2.11 bits per heavy atom. The largest absolute Gasteiger partial charge is 0.341 e. The average molecular weight is 505 g/mol. The van der Waals surface area contributed by atoms with Crippen LogP contribution in [-0.4, -0.2) is 14.3 Å². The number of nitrogens with one attached hydrogen (secondary N) is 2. The molecule has 0 aliphatic heterocycles. The summed E-state index contributed by atoms with van der Waals surface area (Å²) in [6, 6.07) is 28.4. The van der Waals surface area contributed by atoms with E-state index >= 15 is 0 Å². The molecule has 0 aliphatic carbocycles. The lowest BCUT2D eigenvalue weighted by Crippen LogP contribution is -2.29. The zero-order valence-electron chi connectivity index (χ0n) is 19.3. The van der Waals surface area contributed by atoms with Crippen molar-refractivity contribution in [2.45, 2.75) is 24.8 Å². The van der Waals surface area contributed by atoms with Crippen LogP contribution in [0.5, 0.6) is 0 Å². The number of aryl methyl sites for hydroxylation is 2. The van der Waals surface area contributed by atoms with Crippen LogP contribution in [0.15, 0.2) is 102 Å². The SMILES string of the molecule is Cc1ccc([C@@H](NC(=O)c2ccc(Cl)c(S(=O)(=O)Nc3ccccc3C)c2)c2ccccc2)cc1. The van der Waals surface area contributed by atoms with Gasteiger partial charge in [-0.2, -0.15) is 0 Å². The molecule has 2 N–H and O–H groups in total. The molecule has 35 heavy (non-hydrogen) atoms. The number of para-hydroxylation sites is 1. The summed E-state index contributed by atoms with van der Waals surface area (Å²) in [5, 5.41) is 3.07. The predicted molar refractivity (Wildman–Crippen MR) is 140 cm³/mol. The molecule has 0 saturated heterocycles. The summed E-state index contributed by atoms with van der Waals surface area (Å²) in [5.41, 5.74) is 4.34. The summed E-state index contributed by atoms with van der Waals surface area (Å²) in [4.78, 5) is 13.1. The third-order valence-electron chi connectivity index (χ3n) is 5.69. The van der Waals surface area contributed by atoms with Gasteiger partial charge in [0.05, 0.1) is 16.8 Å². The monoisotopic (exact) mass is 504 g/mol. The molecule has 0 fully saturated rings. The number of sulfonamides is 1. The molecule has 0 heterocycles. The smallest absolute Gasteiger partial charge is 0.263 e. The van der Waals surface area contributed by atoms with Gasteiger partial charge in [0.15, 0.2) is 0 Å². The fourth-order valence-corrected chi connectivity index (χ4v) is 5.37. The molecule has 4 aromatic rings. The Bertz CT molecular complexity index is 1450. The van der Waals surface area contributed by atoms with E-state index in [0.29, 0.717) is 5.69 Å². The van der Waals surface area contributed by atoms with Crippen molar-refractivity contribution in [2.75, 3.05) is 4.72 Å². The van der Waals surface area contributed by atoms with Gasteiger partial charge >= 0.3 is 0 Å². The molecule has 1 atom stereocenters. The first-order chi connectivity index (χ1) is 16.7. The van der Waals surface area contributed by atoms with Crippen molar-refractivity contribution < 1.29 is 13.2 Å². The summed E-state index contributed by atoms with van der Waals surface area (Å²) in [5.74, 6) is -0.413. The van der Waals surface area contributed by atoms with Crippen molar-refractivity contribution in [3.8, 4) is 0 Å². The predicted octanol–water partition coefficient (Wildman–Crippen LogP) is 6.28. The maximum absolute atomic E-state index is 13.3.